The van der Waals surface area contributed by atoms with E-state index in [-0.39, 0.29) is 18.5 Å². The Morgan fingerprint density at radius 3 is 2.53 bits per heavy atom. The monoisotopic (exact) mass is 405 g/mol. The number of urea groups is 1. The maximum Gasteiger partial charge on any atom is 0.315 e. The van der Waals surface area contributed by atoms with Gasteiger partial charge in [0.25, 0.3) is 0 Å². The van der Waals surface area contributed by atoms with E-state index in [1.54, 1.807) is 0 Å². The number of hydrogen-bond acceptors (Lipinski definition) is 3. The molecule has 7 nitrogen and oxygen atoms in total. The smallest absolute Gasteiger partial charge is 0.315 e. The number of amides is 3. The largest absolute Gasteiger partial charge is 0.342 e. The van der Waals surface area contributed by atoms with Gasteiger partial charge in [0.05, 0.1) is 17.6 Å². The van der Waals surface area contributed by atoms with E-state index in [1.165, 1.54) is 5.56 Å². The highest BCUT2D eigenvalue weighted by atomic mass is 16.2. The van der Waals surface area contributed by atoms with E-state index in [2.05, 4.69) is 15.6 Å². The topological polar surface area (TPSA) is 90.1 Å². The second-order valence-corrected chi connectivity index (χ2v) is 7.82. The lowest BCUT2D eigenvalue weighted by Gasteiger charge is -2.31. The molecular formula is C23H27N5O2. The van der Waals surface area contributed by atoms with Gasteiger partial charge >= 0.3 is 6.03 Å². The van der Waals surface area contributed by atoms with Gasteiger partial charge in [0, 0.05) is 25.6 Å². The molecular weight excluding hydrogens is 378 g/mol. The van der Waals surface area contributed by atoms with Crippen molar-refractivity contribution in [3.63, 3.8) is 0 Å². The van der Waals surface area contributed by atoms with Gasteiger partial charge in [-0.1, -0.05) is 42.0 Å². The summed E-state index contributed by atoms with van der Waals surface area (Å²) in [7, 11) is 0. The summed E-state index contributed by atoms with van der Waals surface area (Å²) in [5.74, 6) is 1.27. The van der Waals surface area contributed by atoms with E-state index >= 15 is 0 Å². The zero-order chi connectivity index (χ0) is 20.9. The number of nitrogens with one attached hydrogen (secondary N) is 3. The van der Waals surface area contributed by atoms with Gasteiger partial charge in [0.2, 0.25) is 5.91 Å². The highest BCUT2D eigenvalue weighted by molar-refractivity contribution is 5.84. The van der Waals surface area contributed by atoms with Crippen LogP contribution in [0, 0.1) is 6.92 Å². The van der Waals surface area contributed by atoms with Crippen molar-refractivity contribution in [1.82, 2.24) is 25.5 Å². The number of nitrogens with zero attached hydrogens (tertiary/aromatic N) is 2. The van der Waals surface area contributed by atoms with Gasteiger partial charge in [-0.05, 0) is 37.5 Å². The Morgan fingerprint density at radius 2 is 1.80 bits per heavy atom. The third-order valence-electron chi connectivity index (χ3n) is 5.62. The van der Waals surface area contributed by atoms with E-state index in [1.807, 2.05) is 60.4 Å². The van der Waals surface area contributed by atoms with Crippen molar-refractivity contribution in [2.75, 3.05) is 19.6 Å². The fourth-order valence-corrected chi connectivity index (χ4v) is 3.79. The van der Waals surface area contributed by atoms with Gasteiger partial charge in [-0.25, -0.2) is 9.78 Å². The minimum atomic E-state index is -0.332. The molecule has 7 heteroatoms. The molecule has 0 bridgehead atoms. The van der Waals surface area contributed by atoms with Crippen molar-refractivity contribution in [1.29, 1.82) is 0 Å². The molecule has 4 rings (SSSR count). The van der Waals surface area contributed by atoms with E-state index in [0.29, 0.717) is 25.6 Å². The van der Waals surface area contributed by atoms with Crippen molar-refractivity contribution in [3.8, 4) is 0 Å². The van der Waals surface area contributed by atoms with Crippen LogP contribution in [-0.4, -0.2) is 46.4 Å². The lowest BCUT2D eigenvalue weighted by molar-refractivity contribution is -0.131. The first kappa shape index (κ1) is 19.9. The molecule has 2 heterocycles. The van der Waals surface area contributed by atoms with Gasteiger partial charge in [-0.15, -0.1) is 0 Å². The summed E-state index contributed by atoms with van der Waals surface area (Å²) >= 11 is 0. The number of imidazole rings is 1. The molecule has 1 fully saturated rings. The maximum absolute atomic E-state index is 12.5. The number of aromatic amines is 1. The molecule has 3 aromatic rings. The van der Waals surface area contributed by atoms with E-state index < -0.39 is 0 Å². The number of aryl methyl sites for hydroxylation is 1. The minimum absolute atomic E-state index is 0.00896. The molecule has 0 atom stereocenters. The zero-order valence-corrected chi connectivity index (χ0v) is 17.1. The summed E-state index contributed by atoms with van der Waals surface area (Å²) in [5, 5.41) is 5.45. The average molecular weight is 406 g/mol. The lowest BCUT2D eigenvalue weighted by Crippen LogP contribution is -2.46. The third kappa shape index (κ3) is 4.79. The molecule has 1 aliphatic heterocycles. The maximum atomic E-state index is 12.5. The summed E-state index contributed by atoms with van der Waals surface area (Å²) < 4.78 is 0. The minimum Gasteiger partial charge on any atom is -0.342 e. The van der Waals surface area contributed by atoms with Gasteiger partial charge in [0.1, 0.15) is 5.82 Å². The molecule has 1 aromatic heterocycles. The molecule has 156 valence electrons. The second-order valence-electron chi connectivity index (χ2n) is 7.82. The normalized spacial score (nSPS) is 14.6. The summed E-state index contributed by atoms with van der Waals surface area (Å²) in [4.78, 5) is 34.4. The Bertz CT molecular complexity index is 987. The molecule has 30 heavy (non-hydrogen) atoms. The Hall–Kier alpha value is -3.35. The van der Waals surface area contributed by atoms with Crippen molar-refractivity contribution >= 4 is 23.0 Å². The predicted molar refractivity (Wildman–Crippen MR) is 116 cm³/mol. The van der Waals surface area contributed by atoms with Gasteiger partial charge in [-0.2, -0.15) is 0 Å². The number of rotatable bonds is 5. The first-order chi connectivity index (χ1) is 14.6. The molecule has 2 aromatic carbocycles. The molecule has 1 saturated heterocycles. The Kier molecular flexibility index (Phi) is 5.97. The van der Waals surface area contributed by atoms with Gasteiger partial charge in [0.15, 0.2) is 0 Å². The molecule has 0 spiro atoms. The van der Waals surface area contributed by atoms with Crippen molar-refractivity contribution in [2.45, 2.75) is 32.2 Å². The number of piperidine rings is 1. The van der Waals surface area contributed by atoms with Gasteiger partial charge in [-0.3, -0.25) is 4.79 Å². The highest BCUT2D eigenvalue weighted by Gasteiger charge is 2.25. The summed E-state index contributed by atoms with van der Waals surface area (Å²) in [5.41, 5.74) is 4.23. The molecule has 0 saturated carbocycles. The summed E-state index contributed by atoms with van der Waals surface area (Å²) in [6.45, 7) is 3.81. The zero-order valence-electron chi connectivity index (χ0n) is 17.1. The Morgan fingerprint density at radius 1 is 1.07 bits per heavy atom. The number of hydrogen-bond donors (Lipinski definition) is 3. The van der Waals surface area contributed by atoms with Crippen LogP contribution in [0.5, 0.6) is 0 Å². The quantitative estimate of drug-likeness (QED) is 0.609. The standard InChI is InChI=1S/C23H27N5O2/c1-16-6-8-17(9-7-16)14-24-23(30)25-15-21(29)28-12-10-18(11-13-28)22-26-19-4-2-3-5-20(19)27-22/h2-9,18H,10-15H2,1H3,(H,26,27)(H2,24,25,30). The number of carbonyl (C=O) groups is 2. The molecule has 3 N–H and O–H groups in total. The van der Waals surface area contributed by atoms with Crippen LogP contribution in [0.1, 0.15) is 35.7 Å². The number of para-hydroxylation sites is 2. The number of fused-ring (bicyclic) bond motifs is 1. The van der Waals surface area contributed by atoms with Crippen LogP contribution < -0.4 is 10.6 Å². The fraction of sp³-hybridized carbons (Fsp3) is 0.348. The fourth-order valence-electron chi connectivity index (χ4n) is 3.79. The van der Waals surface area contributed by atoms with Crippen molar-refractivity contribution in [3.05, 3.63) is 65.5 Å². The lowest BCUT2D eigenvalue weighted by atomic mass is 9.96. The number of H-pyrrole nitrogens is 1. The molecule has 3 amide bonds. The van der Waals surface area contributed by atoms with Crippen LogP contribution in [0.3, 0.4) is 0 Å². The van der Waals surface area contributed by atoms with E-state index in [4.69, 9.17) is 4.98 Å². The summed E-state index contributed by atoms with van der Waals surface area (Å²) in [6.07, 6.45) is 1.73. The first-order valence-electron chi connectivity index (χ1n) is 10.4. The van der Waals surface area contributed by atoms with E-state index in [9.17, 15) is 9.59 Å². The highest BCUT2D eigenvalue weighted by Crippen LogP contribution is 2.27. The number of benzene rings is 2. The van der Waals surface area contributed by atoms with Crippen LogP contribution >= 0.6 is 0 Å². The molecule has 0 radical (unpaired) electrons. The number of aromatic nitrogens is 2. The third-order valence-corrected chi connectivity index (χ3v) is 5.62. The van der Waals surface area contributed by atoms with Crippen LogP contribution in [-0.2, 0) is 11.3 Å². The SMILES string of the molecule is Cc1ccc(CNC(=O)NCC(=O)N2CCC(c3nc4ccccc4[nH]3)CC2)cc1. The molecule has 0 unspecified atom stereocenters. The average Bonchev–Trinajstić information content (AvgIpc) is 3.21. The molecule has 0 aliphatic carbocycles. The van der Waals surface area contributed by atoms with E-state index in [0.717, 1.165) is 35.3 Å². The van der Waals surface area contributed by atoms with Crippen molar-refractivity contribution in [2.24, 2.45) is 0 Å². The Labute approximate surface area is 175 Å². The summed E-state index contributed by atoms with van der Waals surface area (Å²) in [6, 6.07) is 15.7. The Balaban J connectivity index is 1.20. The molecule has 1 aliphatic rings. The first-order valence-corrected chi connectivity index (χ1v) is 10.4. The van der Waals surface area contributed by atoms with Crippen LogP contribution in [0.15, 0.2) is 48.5 Å². The van der Waals surface area contributed by atoms with Crippen LogP contribution in [0.4, 0.5) is 4.79 Å². The van der Waals surface area contributed by atoms with Crippen LogP contribution in [0.2, 0.25) is 0 Å². The predicted octanol–water partition coefficient (Wildman–Crippen LogP) is 3.08. The van der Waals surface area contributed by atoms with Crippen LogP contribution in [0.25, 0.3) is 11.0 Å². The number of likely N-dealkylation sites (tertiary alicyclic amines) is 1. The van der Waals surface area contributed by atoms with Gasteiger partial charge < -0.3 is 20.5 Å². The van der Waals surface area contributed by atoms with Crippen molar-refractivity contribution < 1.29 is 9.59 Å². The number of carbonyl (C=O) groups excluding carboxylic acids is 2. The second kappa shape index (κ2) is 8.98.